The van der Waals surface area contributed by atoms with Gasteiger partial charge >= 0.3 is 18.1 Å². The lowest BCUT2D eigenvalue weighted by molar-refractivity contribution is -0.158. The first kappa shape index (κ1) is 40.9. The van der Waals surface area contributed by atoms with Crippen molar-refractivity contribution in [2.75, 3.05) is 13.2 Å². The zero-order valence-corrected chi connectivity index (χ0v) is 30.5. The van der Waals surface area contributed by atoms with E-state index in [0.29, 0.717) is 35.8 Å². The summed E-state index contributed by atoms with van der Waals surface area (Å²) in [5, 5.41) is 0. The Morgan fingerprint density at radius 2 is 1.02 bits per heavy atom. The Kier molecular flexibility index (Phi) is 13.7. The fourth-order valence-corrected chi connectivity index (χ4v) is 6.96. The third kappa shape index (κ3) is 13.6. The molecule has 0 aromatic heterocycles. The van der Waals surface area contributed by atoms with Gasteiger partial charge in [0.1, 0.15) is 32.2 Å². The molecule has 0 aliphatic heterocycles. The number of hydrogen-bond acceptors (Lipinski definition) is 9. The van der Waals surface area contributed by atoms with Gasteiger partial charge in [-0.15, -0.1) is 0 Å². The van der Waals surface area contributed by atoms with E-state index in [-0.39, 0.29) is 13.2 Å². The van der Waals surface area contributed by atoms with Crippen LogP contribution in [0.15, 0.2) is 123 Å². The third-order valence-electron chi connectivity index (χ3n) is 6.11. The van der Waals surface area contributed by atoms with E-state index >= 15 is 0 Å². The molecule has 14 heteroatoms. The summed E-state index contributed by atoms with van der Waals surface area (Å²) in [6, 6.07) is 27.7. The van der Waals surface area contributed by atoms with Crippen molar-refractivity contribution in [3.8, 4) is 11.5 Å². The second-order valence-corrected chi connectivity index (χ2v) is 16.1. The van der Waals surface area contributed by atoms with E-state index < -0.39 is 60.8 Å². The number of alkyl halides is 3. The van der Waals surface area contributed by atoms with Crippen molar-refractivity contribution in [3.05, 3.63) is 109 Å². The molecule has 0 spiro atoms. The minimum atomic E-state index is -4.68. The molecule has 0 aliphatic carbocycles. The molecule has 0 N–H and O–H groups in total. The molecule has 0 unspecified atom stereocenters. The van der Waals surface area contributed by atoms with Crippen LogP contribution in [-0.4, -0.2) is 49.3 Å². The maximum absolute atomic E-state index is 12.4. The summed E-state index contributed by atoms with van der Waals surface area (Å²) in [4.78, 5) is 27.0. The fourth-order valence-electron chi connectivity index (χ4n) is 4.24. The number of carbonyl (C=O) groups excluding carboxylic acids is 2. The lowest BCUT2D eigenvalue weighted by Gasteiger charge is -2.21. The van der Waals surface area contributed by atoms with Crippen LogP contribution in [-0.2, 0) is 46.3 Å². The lowest BCUT2D eigenvalue weighted by Crippen LogP contribution is -2.28. The average Bonchev–Trinajstić information content (AvgIpc) is 3.02. The average molecular weight is 749 g/mol. The number of rotatable bonds is 10. The first-order valence-corrected chi connectivity index (χ1v) is 18.1. The Morgan fingerprint density at radius 1 is 0.627 bits per heavy atom. The van der Waals surface area contributed by atoms with E-state index in [1.54, 1.807) is 18.2 Å². The van der Waals surface area contributed by atoms with E-state index in [9.17, 15) is 35.7 Å². The van der Waals surface area contributed by atoms with Crippen LogP contribution in [0.2, 0.25) is 0 Å². The second-order valence-electron chi connectivity index (χ2n) is 12.7. The highest BCUT2D eigenvalue weighted by molar-refractivity contribution is 7.97. The lowest BCUT2D eigenvalue weighted by atomic mass is 10.2. The van der Waals surface area contributed by atoms with Gasteiger partial charge in [-0.25, -0.2) is 18.0 Å². The van der Waals surface area contributed by atoms with Gasteiger partial charge in [0.15, 0.2) is 34.5 Å². The highest BCUT2D eigenvalue weighted by Crippen LogP contribution is 2.42. The molecule has 0 radical (unpaired) electrons. The van der Waals surface area contributed by atoms with Crippen molar-refractivity contribution in [2.45, 2.75) is 78.5 Å². The standard InChI is InChI=1S/C30H35O6S.C7H5F3O3S/c1-29(2,3)35-26(31)20-33-24-18-13-19-25(34-21-27(32)36-30(4,5)6)28(24)37(22-14-9-7-10-15-22)23-16-11-8-12-17-23;8-7(9,10)5-1-3-6(4-2-5)14(11,12)13/h7-19H,20-21H2,1-6H3;1-4H,(H,11,12,13)/q+1;/p-1. The van der Waals surface area contributed by atoms with Crippen molar-refractivity contribution in [1.29, 1.82) is 0 Å². The molecule has 0 heterocycles. The molecule has 0 saturated heterocycles. The van der Waals surface area contributed by atoms with Gasteiger partial charge in [-0.1, -0.05) is 42.5 Å². The number of benzene rings is 4. The van der Waals surface area contributed by atoms with Gasteiger partial charge in [0.05, 0.1) is 10.5 Å². The largest absolute Gasteiger partial charge is 0.744 e. The molecule has 4 aromatic rings. The zero-order chi connectivity index (χ0) is 38.0. The van der Waals surface area contributed by atoms with Crippen LogP contribution in [0.4, 0.5) is 13.2 Å². The van der Waals surface area contributed by atoms with Crippen LogP contribution in [0.3, 0.4) is 0 Å². The SMILES string of the molecule is CC(C)(C)OC(=O)COc1cccc(OCC(=O)OC(C)(C)C)c1[S+](c1ccccc1)c1ccccc1.O=S(=O)([O-])c1ccc(C(F)(F)F)cc1. The van der Waals surface area contributed by atoms with Crippen molar-refractivity contribution in [1.82, 2.24) is 0 Å². The molecule has 51 heavy (non-hydrogen) atoms. The molecule has 0 aliphatic rings. The zero-order valence-electron chi connectivity index (χ0n) is 28.9. The Hall–Kier alpha value is -4.53. The van der Waals surface area contributed by atoms with E-state index in [2.05, 4.69) is 0 Å². The Labute approximate surface area is 298 Å². The summed E-state index contributed by atoms with van der Waals surface area (Å²) >= 11 is 0. The fraction of sp³-hybridized carbons (Fsp3) is 0.297. The monoisotopic (exact) mass is 748 g/mol. The van der Waals surface area contributed by atoms with Crippen LogP contribution in [0.5, 0.6) is 11.5 Å². The molecule has 4 rings (SSSR count). The van der Waals surface area contributed by atoms with E-state index in [1.807, 2.05) is 102 Å². The Morgan fingerprint density at radius 3 is 1.35 bits per heavy atom. The minimum Gasteiger partial charge on any atom is -0.744 e. The summed E-state index contributed by atoms with van der Waals surface area (Å²) in [5.74, 6) is 0.00263. The minimum absolute atomic E-state index is 0.263. The van der Waals surface area contributed by atoms with Crippen molar-refractivity contribution in [2.24, 2.45) is 0 Å². The highest BCUT2D eigenvalue weighted by Gasteiger charge is 2.37. The van der Waals surface area contributed by atoms with Crippen LogP contribution in [0.1, 0.15) is 47.1 Å². The quantitative estimate of drug-likeness (QED) is 0.0906. The van der Waals surface area contributed by atoms with Crippen molar-refractivity contribution < 1.29 is 54.7 Å². The van der Waals surface area contributed by atoms with Crippen LogP contribution < -0.4 is 9.47 Å². The molecule has 0 amide bonds. The normalized spacial score (nSPS) is 12.0. The predicted molar refractivity (Wildman–Crippen MR) is 184 cm³/mol. The first-order chi connectivity index (χ1) is 23.6. The van der Waals surface area contributed by atoms with Gasteiger partial charge in [-0.05, 0) is 102 Å². The van der Waals surface area contributed by atoms with Gasteiger partial charge in [-0.2, -0.15) is 13.2 Å². The number of carbonyl (C=O) groups is 2. The predicted octanol–water partition coefficient (Wildman–Crippen LogP) is 7.83. The second kappa shape index (κ2) is 17.1. The third-order valence-corrected chi connectivity index (χ3v) is 9.25. The number of hydrogen-bond donors (Lipinski definition) is 0. The van der Waals surface area contributed by atoms with Crippen LogP contribution >= 0.6 is 0 Å². The smallest absolute Gasteiger partial charge is 0.416 e. The molecule has 0 fully saturated rings. The molecule has 0 saturated carbocycles. The maximum Gasteiger partial charge on any atom is 0.416 e. The number of halogens is 3. The van der Waals surface area contributed by atoms with Gasteiger partial charge in [-0.3, -0.25) is 0 Å². The van der Waals surface area contributed by atoms with Crippen LogP contribution in [0, 0.1) is 0 Å². The molecule has 9 nitrogen and oxygen atoms in total. The molecule has 4 aromatic carbocycles. The van der Waals surface area contributed by atoms with Crippen molar-refractivity contribution in [3.63, 3.8) is 0 Å². The molecule has 274 valence electrons. The van der Waals surface area contributed by atoms with E-state index in [0.717, 1.165) is 14.7 Å². The topological polar surface area (TPSA) is 128 Å². The molecular weight excluding hydrogens is 710 g/mol. The van der Waals surface area contributed by atoms with Gasteiger partial charge < -0.3 is 23.5 Å². The molecule has 0 bridgehead atoms. The summed E-state index contributed by atoms with van der Waals surface area (Å²) in [6.45, 7) is 10.3. The van der Waals surface area contributed by atoms with Gasteiger partial charge in [0, 0.05) is 0 Å². The maximum atomic E-state index is 12.4. The van der Waals surface area contributed by atoms with Gasteiger partial charge in [0.25, 0.3) is 0 Å². The molecule has 0 atom stereocenters. The Bertz CT molecular complexity index is 1760. The number of esters is 2. The summed E-state index contributed by atoms with van der Waals surface area (Å²) in [7, 11) is -5.34. The van der Waals surface area contributed by atoms with E-state index in [1.165, 1.54) is 0 Å². The van der Waals surface area contributed by atoms with E-state index in [4.69, 9.17) is 18.9 Å². The summed E-state index contributed by atoms with van der Waals surface area (Å²) < 4.78 is 90.0. The van der Waals surface area contributed by atoms with Gasteiger partial charge in [0.2, 0.25) is 4.90 Å². The number of ether oxygens (including phenoxy) is 4. The van der Waals surface area contributed by atoms with Crippen molar-refractivity contribution >= 4 is 33.0 Å². The summed E-state index contributed by atoms with van der Waals surface area (Å²) in [6.07, 6.45) is -4.54. The molecular formula is C37H39F3O9S2. The Balaban J connectivity index is 0.000000419. The van der Waals surface area contributed by atoms with Crippen LogP contribution in [0.25, 0.3) is 0 Å². The summed E-state index contributed by atoms with van der Waals surface area (Å²) in [5.41, 5.74) is -2.25. The highest BCUT2D eigenvalue weighted by atomic mass is 32.2. The first-order valence-electron chi connectivity index (χ1n) is 15.4.